The summed E-state index contributed by atoms with van der Waals surface area (Å²) in [6.07, 6.45) is -0.0503. The fraction of sp³-hybridized carbons (Fsp3) is 0.474. The zero-order valence-electron chi connectivity index (χ0n) is 27.9. The highest BCUT2D eigenvalue weighted by Crippen LogP contribution is 2.43. The number of aliphatic hydroxyl groups is 1. The largest absolute Gasteiger partial charge is 0.453 e. The van der Waals surface area contributed by atoms with E-state index in [1.807, 2.05) is 60.7 Å². The van der Waals surface area contributed by atoms with Crippen molar-refractivity contribution in [1.29, 1.82) is 0 Å². The highest BCUT2D eigenvalue weighted by Gasteiger charge is 2.43. The van der Waals surface area contributed by atoms with Gasteiger partial charge in [0.25, 0.3) is 5.91 Å². The number of piperidine rings is 1. The highest BCUT2D eigenvalue weighted by molar-refractivity contribution is 5.82. The van der Waals surface area contributed by atoms with E-state index in [-0.39, 0.29) is 30.6 Å². The molecule has 3 fully saturated rings. The van der Waals surface area contributed by atoms with Gasteiger partial charge in [-0.3, -0.25) is 9.59 Å². The normalized spacial score (nSPS) is 24.7. The molecule has 3 heterocycles. The first-order valence-electron chi connectivity index (χ1n) is 16.9. The Morgan fingerprint density at radius 1 is 0.938 bits per heavy atom. The van der Waals surface area contributed by atoms with Crippen molar-refractivity contribution in [2.45, 2.75) is 77.2 Å². The van der Waals surface area contributed by atoms with Gasteiger partial charge >= 0.3 is 5.97 Å². The molecule has 3 aromatic rings. The van der Waals surface area contributed by atoms with Crippen LogP contribution in [0, 0.1) is 5.92 Å². The van der Waals surface area contributed by atoms with Crippen LogP contribution < -0.4 is 5.32 Å². The van der Waals surface area contributed by atoms with Crippen LogP contribution >= 0.6 is 0 Å². The number of hydrogen-bond donors (Lipinski definition) is 2. The van der Waals surface area contributed by atoms with Gasteiger partial charge in [0.1, 0.15) is 0 Å². The summed E-state index contributed by atoms with van der Waals surface area (Å²) in [5.74, 6) is -1.19. The summed E-state index contributed by atoms with van der Waals surface area (Å²) in [6, 6.07) is 24.2. The predicted octanol–water partition coefficient (Wildman–Crippen LogP) is 5.04. The Balaban J connectivity index is 1.19. The van der Waals surface area contributed by atoms with E-state index in [4.69, 9.17) is 23.7 Å². The molecular formula is C38H46N2O8. The summed E-state index contributed by atoms with van der Waals surface area (Å²) in [7, 11) is 0. The summed E-state index contributed by atoms with van der Waals surface area (Å²) >= 11 is 0. The van der Waals surface area contributed by atoms with E-state index in [1.165, 1.54) is 6.92 Å². The predicted molar refractivity (Wildman–Crippen MR) is 178 cm³/mol. The molecule has 0 bridgehead atoms. The minimum Gasteiger partial charge on any atom is -0.453 e. The Kier molecular flexibility index (Phi) is 10.9. The second-order valence-electron chi connectivity index (χ2n) is 13.0. The molecule has 3 aliphatic heterocycles. The summed E-state index contributed by atoms with van der Waals surface area (Å²) in [4.78, 5) is 26.0. The molecule has 6 rings (SSSR count). The number of nitrogens with zero attached hydrogens (tertiary/aromatic N) is 1. The van der Waals surface area contributed by atoms with E-state index in [0.29, 0.717) is 19.8 Å². The Hall–Kier alpha value is -3.64. The second-order valence-corrected chi connectivity index (χ2v) is 13.0. The van der Waals surface area contributed by atoms with Crippen molar-refractivity contribution >= 4 is 11.9 Å². The second kappa shape index (κ2) is 15.3. The third kappa shape index (κ3) is 8.14. The van der Waals surface area contributed by atoms with Crippen molar-refractivity contribution in [1.82, 2.24) is 10.2 Å². The number of carbonyl (C=O) groups excluding carboxylic acids is 2. The first-order chi connectivity index (χ1) is 23.2. The first kappa shape index (κ1) is 34.2. The average molecular weight is 659 g/mol. The van der Waals surface area contributed by atoms with Crippen molar-refractivity contribution in [3.8, 4) is 11.1 Å². The number of carbonyl (C=O) groups is 2. The quantitative estimate of drug-likeness (QED) is 0.289. The molecule has 256 valence electrons. The molecule has 0 unspecified atom stereocenters. The molecule has 10 nitrogen and oxygen atoms in total. The SMILES string of the molecule is CC(=O)O[C@@H](C)C(=O)NCc1cccc(-c2cccc([C@H]3O[C@@H](CN4CCC5(CC4)OCCO5)[C@@H](C)[C@@H](c4ccc(CO)cc4)O3)c2)c1. The summed E-state index contributed by atoms with van der Waals surface area (Å²) in [5.41, 5.74) is 5.74. The van der Waals surface area contributed by atoms with Crippen molar-refractivity contribution in [2.75, 3.05) is 32.8 Å². The smallest absolute Gasteiger partial charge is 0.303 e. The van der Waals surface area contributed by atoms with E-state index in [0.717, 1.165) is 65.9 Å². The van der Waals surface area contributed by atoms with Crippen LogP contribution in [0.25, 0.3) is 11.1 Å². The topological polar surface area (TPSA) is 116 Å². The van der Waals surface area contributed by atoms with E-state index in [2.05, 4.69) is 29.3 Å². The van der Waals surface area contributed by atoms with Crippen molar-refractivity contribution in [3.63, 3.8) is 0 Å². The van der Waals surface area contributed by atoms with Crippen LogP contribution in [0.1, 0.15) is 68.3 Å². The molecule has 1 spiro atoms. The molecule has 1 amide bonds. The maximum atomic E-state index is 12.4. The van der Waals surface area contributed by atoms with Gasteiger partial charge in [-0.25, -0.2) is 0 Å². The van der Waals surface area contributed by atoms with Gasteiger partial charge in [0.15, 0.2) is 18.2 Å². The molecule has 48 heavy (non-hydrogen) atoms. The zero-order chi connectivity index (χ0) is 33.7. The van der Waals surface area contributed by atoms with Gasteiger partial charge in [-0.2, -0.15) is 0 Å². The van der Waals surface area contributed by atoms with Gasteiger partial charge in [-0.1, -0.05) is 67.6 Å². The number of hydrogen-bond acceptors (Lipinski definition) is 9. The van der Waals surface area contributed by atoms with Gasteiger partial charge < -0.3 is 39.0 Å². The molecule has 3 aliphatic rings. The molecular weight excluding hydrogens is 612 g/mol. The monoisotopic (exact) mass is 658 g/mol. The fourth-order valence-corrected chi connectivity index (χ4v) is 6.81. The number of benzene rings is 3. The minimum atomic E-state index is -0.859. The van der Waals surface area contributed by atoms with Gasteiger partial charge in [0, 0.05) is 57.4 Å². The van der Waals surface area contributed by atoms with Crippen LogP contribution in [0.15, 0.2) is 72.8 Å². The van der Waals surface area contributed by atoms with Crippen molar-refractivity contribution < 1.29 is 38.4 Å². The van der Waals surface area contributed by atoms with E-state index >= 15 is 0 Å². The van der Waals surface area contributed by atoms with E-state index in [9.17, 15) is 14.7 Å². The van der Waals surface area contributed by atoms with Crippen LogP contribution in [0.3, 0.4) is 0 Å². The average Bonchev–Trinajstić information content (AvgIpc) is 3.57. The number of esters is 1. The molecule has 5 atom stereocenters. The molecule has 0 aliphatic carbocycles. The number of ether oxygens (including phenoxy) is 5. The van der Waals surface area contributed by atoms with Gasteiger partial charge in [0.2, 0.25) is 0 Å². The van der Waals surface area contributed by atoms with Gasteiger partial charge in [-0.05, 0) is 46.9 Å². The Morgan fingerprint density at radius 3 is 2.31 bits per heavy atom. The Morgan fingerprint density at radius 2 is 1.62 bits per heavy atom. The lowest BCUT2D eigenvalue weighted by atomic mass is 9.89. The lowest BCUT2D eigenvalue weighted by Crippen LogP contribution is -2.50. The molecule has 10 heteroatoms. The van der Waals surface area contributed by atoms with Crippen molar-refractivity contribution in [3.05, 3.63) is 95.1 Å². The van der Waals surface area contributed by atoms with Crippen LogP contribution in [0.5, 0.6) is 0 Å². The third-order valence-corrected chi connectivity index (χ3v) is 9.59. The van der Waals surface area contributed by atoms with Crippen molar-refractivity contribution in [2.24, 2.45) is 5.92 Å². The maximum absolute atomic E-state index is 12.4. The Labute approximate surface area is 282 Å². The van der Waals surface area contributed by atoms with Crippen LogP contribution in [-0.4, -0.2) is 72.7 Å². The lowest BCUT2D eigenvalue weighted by Gasteiger charge is -2.44. The van der Waals surface area contributed by atoms with E-state index < -0.39 is 24.2 Å². The minimum absolute atomic E-state index is 0.00658. The van der Waals surface area contributed by atoms with Crippen LogP contribution in [0.4, 0.5) is 0 Å². The lowest BCUT2D eigenvalue weighted by molar-refractivity contribution is -0.278. The van der Waals surface area contributed by atoms with Crippen LogP contribution in [0.2, 0.25) is 0 Å². The molecule has 3 aromatic carbocycles. The maximum Gasteiger partial charge on any atom is 0.303 e. The zero-order valence-corrected chi connectivity index (χ0v) is 27.9. The standard InChI is InChI=1S/C38H46N2O8/c1-25-34(23-40-16-14-38(15-17-40)44-18-19-45-38)47-37(48-35(25)30-12-10-28(24-41)11-13-30)33-9-5-8-32(21-33)31-7-4-6-29(20-31)22-39-36(43)26(2)46-27(3)42/h4-13,20-21,25-26,34-35,37,41H,14-19,22-24H2,1-3H3,(H,39,43)/t25-,26+,34+,35+,37+/m1/s1. The molecule has 0 aromatic heterocycles. The van der Waals surface area contributed by atoms with Gasteiger partial charge in [0.05, 0.1) is 32.0 Å². The number of amides is 1. The number of rotatable bonds is 10. The van der Waals surface area contributed by atoms with Crippen LogP contribution in [-0.2, 0) is 46.4 Å². The van der Waals surface area contributed by atoms with E-state index in [1.54, 1.807) is 6.92 Å². The Bertz CT molecular complexity index is 1550. The summed E-state index contributed by atoms with van der Waals surface area (Å²) in [6.45, 7) is 9.17. The number of aliphatic hydroxyl groups excluding tert-OH is 1. The fourth-order valence-electron chi connectivity index (χ4n) is 6.81. The molecule has 0 saturated carbocycles. The van der Waals surface area contributed by atoms with Gasteiger partial charge in [-0.15, -0.1) is 0 Å². The first-order valence-corrected chi connectivity index (χ1v) is 16.9. The molecule has 0 radical (unpaired) electrons. The molecule has 3 saturated heterocycles. The summed E-state index contributed by atoms with van der Waals surface area (Å²) in [5, 5.41) is 12.5. The third-order valence-electron chi connectivity index (χ3n) is 9.59. The number of nitrogens with one attached hydrogen (secondary N) is 1. The molecule has 2 N–H and O–H groups in total. The summed E-state index contributed by atoms with van der Waals surface area (Å²) < 4.78 is 30.4. The number of likely N-dealkylation sites (tertiary alicyclic amines) is 1. The highest BCUT2D eigenvalue weighted by atomic mass is 16.7.